The van der Waals surface area contributed by atoms with Crippen LogP contribution in [-0.4, -0.2) is 57.7 Å². The third-order valence-electron chi connectivity index (χ3n) is 6.25. The molecular weight excluding hydrogens is 464 g/mol. The summed E-state index contributed by atoms with van der Waals surface area (Å²) in [6.45, 7) is 5.82. The highest BCUT2D eigenvalue weighted by Crippen LogP contribution is 2.22. The van der Waals surface area contributed by atoms with Crippen LogP contribution < -0.4 is 14.8 Å². The molecule has 3 rings (SSSR count). The van der Waals surface area contributed by atoms with Gasteiger partial charge >= 0.3 is 6.03 Å². The van der Waals surface area contributed by atoms with Crippen LogP contribution >= 0.6 is 0 Å². The smallest absolute Gasteiger partial charge is 0.321 e. The zero-order chi connectivity index (χ0) is 24.3. The van der Waals surface area contributed by atoms with Crippen molar-refractivity contribution < 1.29 is 21.6 Å². The van der Waals surface area contributed by atoms with E-state index < -0.39 is 24.8 Å². The molecule has 1 aliphatic heterocycles. The van der Waals surface area contributed by atoms with Gasteiger partial charge in [-0.25, -0.2) is 31.1 Å². The number of likely N-dealkylation sites (tertiary alicyclic amines) is 1. The molecular formula is C22H36N4O5S2. The van der Waals surface area contributed by atoms with Crippen molar-refractivity contribution in [2.24, 2.45) is 0 Å². The zero-order valence-corrected chi connectivity index (χ0v) is 21.3. The van der Waals surface area contributed by atoms with Crippen molar-refractivity contribution in [3.05, 3.63) is 24.3 Å². The fourth-order valence-electron chi connectivity index (χ4n) is 4.02. The Morgan fingerprint density at radius 1 is 0.848 bits per heavy atom. The maximum Gasteiger partial charge on any atom is 0.321 e. The summed E-state index contributed by atoms with van der Waals surface area (Å²) in [4.78, 5) is 14.4. The summed E-state index contributed by atoms with van der Waals surface area (Å²) in [7, 11) is -7.02. The summed E-state index contributed by atoms with van der Waals surface area (Å²) in [5.41, 5.74) is 0.507. The number of hydrogen-bond acceptors (Lipinski definition) is 5. The van der Waals surface area contributed by atoms with Gasteiger partial charge in [0, 0.05) is 30.9 Å². The maximum atomic E-state index is 12.6. The van der Waals surface area contributed by atoms with Crippen molar-refractivity contribution in [3.8, 4) is 0 Å². The molecule has 2 fully saturated rings. The molecule has 0 unspecified atom stereocenters. The number of carbonyl (C=O) groups excluding carboxylic acids is 1. The van der Waals surface area contributed by atoms with Crippen LogP contribution in [0, 0.1) is 0 Å². The van der Waals surface area contributed by atoms with Gasteiger partial charge in [-0.3, -0.25) is 0 Å². The van der Waals surface area contributed by atoms with Crippen molar-refractivity contribution in [1.82, 2.24) is 14.3 Å². The number of hydrogen-bond donors (Lipinski definition) is 3. The summed E-state index contributed by atoms with van der Waals surface area (Å²) in [5.74, 6) is 0. The maximum absolute atomic E-state index is 12.6. The number of amides is 2. The quantitative estimate of drug-likeness (QED) is 0.554. The predicted molar refractivity (Wildman–Crippen MR) is 129 cm³/mol. The van der Waals surface area contributed by atoms with Crippen LogP contribution in [0.2, 0.25) is 0 Å². The Morgan fingerprint density at radius 3 is 1.94 bits per heavy atom. The highest BCUT2D eigenvalue weighted by Gasteiger charge is 2.33. The second-order valence-corrected chi connectivity index (χ2v) is 14.1. The first-order chi connectivity index (χ1) is 15.4. The topological polar surface area (TPSA) is 125 Å². The number of carbonyl (C=O) groups is 1. The number of benzene rings is 1. The van der Waals surface area contributed by atoms with E-state index in [1.807, 2.05) is 0 Å². The van der Waals surface area contributed by atoms with Gasteiger partial charge in [-0.2, -0.15) is 0 Å². The fourth-order valence-corrected chi connectivity index (χ4v) is 6.36. The molecule has 1 saturated carbocycles. The minimum Gasteiger partial charge on any atom is -0.324 e. The highest BCUT2D eigenvalue weighted by atomic mass is 32.2. The van der Waals surface area contributed by atoms with Crippen LogP contribution in [0.5, 0.6) is 0 Å². The first-order valence-corrected chi connectivity index (χ1v) is 14.5. The molecule has 3 N–H and O–H groups in total. The largest absolute Gasteiger partial charge is 0.324 e. The van der Waals surface area contributed by atoms with Gasteiger partial charge in [0.1, 0.15) is 0 Å². The van der Waals surface area contributed by atoms with Gasteiger partial charge in [-0.05, 0) is 70.7 Å². The third kappa shape index (κ3) is 6.91. The minimum atomic E-state index is -3.59. The lowest BCUT2D eigenvalue weighted by molar-refractivity contribution is 0.193. The molecule has 2 amide bonds. The molecule has 1 saturated heterocycles. The molecule has 2 aliphatic rings. The average Bonchev–Trinajstić information content (AvgIpc) is 2.74. The summed E-state index contributed by atoms with van der Waals surface area (Å²) in [6.07, 6.45) is 6.02. The number of anilines is 1. The van der Waals surface area contributed by atoms with Gasteiger partial charge < -0.3 is 10.2 Å². The Labute approximate surface area is 197 Å². The Bertz CT molecular complexity index is 1020. The van der Waals surface area contributed by atoms with Crippen molar-refractivity contribution >= 4 is 31.8 Å². The van der Waals surface area contributed by atoms with E-state index in [1.54, 1.807) is 37.8 Å². The van der Waals surface area contributed by atoms with Crippen molar-refractivity contribution in [3.63, 3.8) is 0 Å². The molecule has 1 aromatic carbocycles. The average molecular weight is 501 g/mol. The van der Waals surface area contributed by atoms with Crippen molar-refractivity contribution in [2.45, 2.75) is 87.4 Å². The first kappa shape index (κ1) is 25.9. The van der Waals surface area contributed by atoms with Gasteiger partial charge in [0.2, 0.25) is 20.0 Å². The number of rotatable bonds is 6. The van der Waals surface area contributed by atoms with E-state index in [0.717, 1.165) is 32.1 Å². The lowest BCUT2D eigenvalue weighted by Crippen LogP contribution is -2.50. The van der Waals surface area contributed by atoms with Gasteiger partial charge in [0.25, 0.3) is 0 Å². The second-order valence-electron chi connectivity index (χ2n) is 9.91. The van der Waals surface area contributed by atoms with Crippen LogP contribution in [-0.2, 0) is 20.0 Å². The molecule has 0 atom stereocenters. The third-order valence-corrected chi connectivity index (χ3v) is 10.0. The molecule has 1 aromatic rings. The normalized spacial score (nSPS) is 19.4. The number of sulfonamides is 2. The van der Waals surface area contributed by atoms with E-state index in [2.05, 4.69) is 14.8 Å². The molecule has 1 aliphatic carbocycles. The van der Waals surface area contributed by atoms with Crippen LogP contribution in [0.3, 0.4) is 0 Å². The second kappa shape index (κ2) is 10.3. The van der Waals surface area contributed by atoms with E-state index in [4.69, 9.17) is 0 Å². The van der Waals surface area contributed by atoms with E-state index in [-0.39, 0.29) is 23.0 Å². The number of nitrogens with zero attached hydrogens (tertiary/aromatic N) is 1. The summed E-state index contributed by atoms with van der Waals surface area (Å²) < 4.78 is 54.5. The molecule has 9 nitrogen and oxygen atoms in total. The van der Waals surface area contributed by atoms with Crippen LogP contribution in [0.25, 0.3) is 0 Å². The fraction of sp³-hybridized carbons (Fsp3) is 0.682. The lowest BCUT2D eigenvalue weighted by atomic mass is 9.96. The van der Waals surface area contributed by atoms with E-state index in [1.165, 1.54) is 12.1 Å². The van der Waals surface area contributed by atoms with Crippen molar-refractivity contribution in [2.75, 3.05) is 18.4 Å². The Morgan fingerprint density at radius 2 is 1.39 bits per heavy atom. The molecule has 33 heavy (non-hydrogen) atoms. The van der Waals surface area contributed by atoms with Crippen LogP contribution in [0.1, 0.15) is 65.7 Å². The van der Waals surface area contributed by atoms with Gasteiger partial charge in [0.15, 0.2) is 0 Å². The Hall–Kier alpha value is -1.69. The number of nitrogens with one attached hydrogen (secondary N) is 3. The number of piperidine rings is 1. The van der Waals surface area contributed by atoms with Crippen molar-refractivity contribution in [1.29, 1.82) is 0 Å². The lowest BCUT2D eigenvalue weighted by Gasteiger charge is -2.33. The molecule has 1 heterocycles. The molecule has 11 heteroatoms. The van der Waals surface area contributed by atoms with Gasteiger partial charge in [0.05, 0.1) is 9.64 Å². The Balaban J connectivity index is 1.51. The molecule has 0 bridgehead atoms. The minimum absolute atomic E-state index is 0.0149. The zero-order valence-electron chi connectivity index (χ0n) is 19.6. The molecule has 186 valence electrons. The van der Waals surface area contributed by atoms with E-state index in [0.29, 0.717) is 31.6 Å². The summed E-state index contributed by atoms with van der Waals surface area (Å²) in [5, 5.41) is 2.79. The monoisotopic (exact) mass is 500 g/mol. The van der Waals surface area contributed by atoms with Gasteiger partial charge in [-0.15, -0.1) is 0 Å². The van der Waals surface area contributed by atoms with Crippen LogP contribution in [0.15, 0.2) is 29.2 Å². The first-order valence-electron chi connectivity index (χ1n) is 11.6. The summed E-state index contributed by atoms with van der Waals surface area (Å²) >= 11 is 0. The SMILES string of the molecule is CC(C)(C)S(=O)(=O)NC1CCN(C(=O)Nc2ccc(S(=O)(=O)NC3CCCCC3)cc2)CC1. The highest BCUT2D eigenvalue weighted by molar-refractivity contribution is 7.90. The van der Waals surface area contributed by atoms with Gasteiger partial charge in [-0.1, -0.05) is 19.3 Å². The predicted octanol–water partition coefficient (Wildman–Crippen LogP) is 3.01. The molecule has 0 spiro atoms. The Kier molecular flexibility index (Phi) is 8.08. The molecule has 0 radical (unpaired) electrons. The van der Waals surface area contributed by atoms with Crippen LogP contribution in [0.4, 0.5) is 10.5 Å². The molecule has 0 aromatic heterocycles. The van der Waals surface area contributed by atoms with E-state index >= 15 is 0 Å². The summed E-state index contributed by atoms with van der Waals surface area (Å²) in [6, 6.07) is 5.65. The number of urea groups is 1. The standard InChI is InChI=1S/C22H36N4O5S2/c1-22(2,3)33(30,31)25-19-13-15-26(16-14-19)21(27)23-17-9-11-20(12-10-17)32(28,29)24-18-7-5-4-6-8-18/h9-12,18-19,24-25H,4-8,13-16H2,1-3H3,(H,23,27). The van der Waals surface area contributed by atoms with E-state index in [9.17, 15) is 21.6 Å².